The molecule has 1 aliphatic heterocycles. The molecule has 0 unspecified atom stereocenters. The number of nitrogens with one attached hydrogen (secondary N) is 1. The lowest BCUT2D eigenvalue weighted by atomic mass is 10.2. The molecule has 0 fully saturated rings. The number of aromatic nitrogens is 1. The zero-order valence-corrected chi connectivity index (χ0v) is 13.6. The summed E-state index contributed by atoms with van der Waals surface area (Å²) in [7, 11) is 0. The first-order valence-electron chi connectivity index (χ1n) is 7.70. The van der Waals surface area contributed by atoms with Crippen molar-refractivity contribution in [2.75, 3.05) is 13.2 Å². The van der Waals surface area contributed by atoms with E-state index in [4.69, 9.17) is 13.9 Å². The molecule has 0 radical (unpaired) electrons. The summed E-state index contributed by atoms with van der Waals surface area (Å²) in [6.07, 6.45) is 0. The molecule has 8 heteroatoms. The maximum absolute atomic E-state index is 12.2. The second kappa shape index (κ2) is 5.66. The molecule has 25 heavy (non-hydrogen) atoms. The van der Waals surface area contributed by atoms with Gasteiger partial charge in [-0.1, -0.05) is 0 Å². The van der Waals surface area contributed by atoms with E-state index >= 15 is 0 Å². The van der Waals surface area contributed by atoms with Gasteiger partial charge in [-0.05, 0) is 26.0 Å². The summed E-state index contributed by atoms with van der Waals surface area (Å²) >= 11 is 0. The first-order valence-corrected chi connectivity index (χ1v) is 7.70. The van der Waals surface area contributed by atoms with Gasteiger partial charge in [0.1, 0.15) is 24.7 Å². The number of carbonyl (C=O) groups excluding carboxylic acids is 1. The standard InChI is InChI=1S/C17H15N3O5/c1-8-5-10(9(2)25-8)16(21)20-19-15-11-6-13-14(24-4-3-23-13)7-12(11)18-17(15)22/h5-7,18,22H,3-4H2,1-2H3. The number of ether oxygens (including phenoxy) is 2. The number of carbonyl (C=O) groups is 1. The molecule has 2 N–H and O–H groups in total. The molecule has 2 aromatic heterocycles. The summed E-state index contributed by atoms with van der Waals surface area (Å²) in [4.78, 5) is 15.0. The topological polar surface area (TPSA) is 109 Å². The van der Waals surface area contributed by atoms with Crippen LogP contribution in [0.5, 0.6) is 17.4 Å². The SMILES string of the molecule is Cc1cc(C(=O)N=Nc2c(O)[nH]c3cc4c(cc23)OCCO4)c(C)o1. The Labute approximate surface area is 142 Å². The highest BCUT2D eigenvalue weighted by atomic mass is 16.6. The van der Waals surface area contributed by atoms with E-state index in [-0.39, 0.29) is 11.6 Å². The number of rotatable bonds is 2. The summed E-state index contributed by atoms with van der Waals surface area (Å²) in [5.41, 5.74) is 1.12. The molecule has 0 atom stereocenters. The molecule has 8 nitrogen and oxygen atoms in total. The lowest BCUT2D eigenvalue weighted by Gasteiger charge is -2.17. The van der Waals surface area contributed by atoms with Gasteiger partial charge in [0.15, 0.2) is 17.2 Å². The van der Waals surface area contributed by atoms with Gasteiger partial charge in [0.05, 0.1) is 11.1 Å². The lowest BCUT2D eigenvalue weighted by molar-refractivity contribution is 0.0993. The van der Waals surface area contributed by atoms with Crippen LogP contribution in [-0.2, 0) is 0 Å². The van der Waals surface area contributed by atoms with Crippen LogP contribution in [0.2, 0.25) is 0 Å². The summed E-state index contributed by atoms with van der Waals surface area (Å²) < 4.78 is 16.4. The van der Waals surface area contributed by atoms with Crippen molar-refractivity contribution in [3.8, 4) is 17.4 Å². The predicted octanol–water partition coefficient (Wildman–Crippen LogP) is 3.78. The van der Waals surface area contributed by atoms with Crippen LogP contribution in [0.4, 0.5) is 5.69 Å². The van der Waals surface area contributed by atoms with Gasteiger partial charge in [0, 0.05) is 11.5 Å². The van der Waals surface area contributed by atoms with E-state index in [1.54, 1.807) is 32.0 Å². The Morgan fingerprint density at radius 1 is 1.16 bits per heavy atom. The minimum absolute atomic E-state index is 0.165. The van der Waals surface area contributed by atoms with Crippen LogP contribution >= 0.6 is 0 Å². The monoisotopic (exact) mass is 341 g/mol. The molecular weight excluding hydrogens is 326 g/mol. The zero-order chi connectivity index (χ0) is 17.6. The van der Waals surface area contributed by atoms with Crippen molar-refractivity contribution in [2.45, 2.75) is 13.8 Å². The number of azo groups is 1. The summed E-state index contributed by atoms with van der Waals surface area (Å²) in [6, 6.07) is 5.02. The molecule has 0 saturated carbocycles. The van der Waals surface area contributed by atoms with Gasteiger partial charge in [0.25, 0.3) is 5.91 Å². The Kier molecular flexibility index (Phi) is 3.45. The Balaban J connectivity index is 1.72. The first kappa shape index (κ1) is 15.3. The van der Waals surface area contributed by atoms with Crippen molar-refractivity contribution in [1.82, 2.24) is 4.98 Å². The van der Waals surface area contributed by atoms with Gasteiger partial charge in [-0.15, -0.1) is 10.2 Å². The highest BCUT2D eigenvalue weighted by molar-refractivity contribution is 5.98. The molecule has 4 rings (SSSR count). The van der Waals surface area contributed by atoms with E-state index in [1.807, 2.05) is 0 Å². The number of fused-ring (bicyclic) bond motifs is 2. The van der Waals surface area contributed by atoms with E-state index in [9.17, 15) is 9.90 Å². The molecule has 1 aromatic carbocycles. The quantitative estimate of drug-likeness (QED) is 0.689. The van der Waals surface area contributed by atoms with E-state index in [0.29, 0.717) is 52.7 Å². The average Bonchev–Trinajstić information content (AvgIpc) is 3.08. The second-order valence-electron chi connectivity index (χ2n) is 5.70. The van der Waals surface area contributed by atoms with Gasteiger partial charge in [-0.25, -0.2) is 0 Å². The van der Waals surface area contributed by atoms with Crippen LogP contribution in [0.25, 0.3) is 10.9 Å². The molecule has 1 amide bonds. The third-order valence-electron chi connectivity index (χ3n) is 3.93. The number of hydrogen-bond donors (Lipinski definition) is 2. The zero-order valence-electron chi connectivity index (χ0n) is 13.6. The van der Waals surface area contributed by atoms with E-state index in [0.717, 1.165) is 0 Å². The van der Waals surface area contributed by atoms with Gasteiger partial charge in [-0.2, -0.15) is 0 Å². The van der Waals surface area contributed by atoms with Gasteiger partial charge in [-0.3, -0.25) is 4.79 Å². The van der Waals surface area contributed by atoms with Crippen molar-refractivity contribution in [3.63, 3.8) is 0 Å². The largest absolute Gasteiger partial charge is 0.493 e. The smallest absolute Gasteiger partial charge is 0.298 e. The summed E-state index contributed by atoms with van der Waals surface area (Å²) in [5, 5.41) is 18.3. The normalized spacial score (nSPS) is 13.7. The minimum Gasteiger partial charge on any atom is -0.493 e. The van der Waals surface area contributed by atoms with Crippen molar-refractivity contribution >= 4 is 22.5 Å². The van der Waals surface area contributed by atoms with Gasteiger partial charge in [0.2, 0.25) is 5.88 Å². The number of hydrogen-bond acceptors (Lipinski definition) is 6. The Hall–Kier alpha value is -3.29. The fourth-order valence-electron chi connectivity index (χ4n) is 2.80. The molecule has 1 aliphatic rings. The Bertz CT molecular complexity index is 1020. The highest BCUT2D eigenvalue weighted by Crippen LogP contribution is 2.42. The number of amides is 1. The maximum atomic E-state index is 12.2. The molecule has 0 bridgehead atoms. The fraction of sp³-hybridized carbons (Fsp3) is 0.235. The van der Waals surface area contributed by atoms with Crippen molar-refractivity contribution < 1.29 is 23.8 Å². The van der Waals surface area contributed by atoms with Crippen molar-refractivity contribution in [2.24, 2.45) is 10.2 Å². The number of furan rings is 1. The number of aryl methyl sites for hydroxylation is 2. The Morgan fingerprint density at radius 3 is 2.56 bits per heavy atom. The van der Waals surface area contributed by atoms with Crippen LogP contribution < -0.4 is 9.47 Å². The summed E-state index contributed by atoms with van der Waals surface area (Å²) in [6.45, 7) is 4.35. The van der Waals surface area contributed by atoms with Crippen LogP contribution in [0.1, 0.15) is 21.9 Å². The van der Waals surface area contributed by atoms with Crippen molar-refractivity contribution in [3.05, 3.63) is 35.3 Å². The fourth-order valence-corrected chi connectivity index (χ4v) is 2.80. The number of aromatic amines is 1. The molecule has 0 aliphatic carbocycles. The number of benzene rings is 1. The average molecular weight is 341 g/mol. The lowest BCUT2D eigenvalue weighted by Crippen LogP contribution is -2.15. The predicted molar refractivity (Wildman–Crippen MR) is 88.0 cm³/mol. The van der Waals surface area contributed by atoms with Gasteiger partial charge >= 0.3 is 0 Å². The number of nitrogens with zero attached hydrogens (tertiary/aromatic N) is 2. The van der Waals surface area contributed by atoms with Gasteiger partial charge < -0.3 is 24.0 Å². The third-order valence-corrected chi connectivity index (χ3v) is 3.93. The van der Waals surface area contributed by atoms with Crippen molar-refractivity contribution in [1.29, 1.82) is 0 Å². The molecular formula is C17H15N3O5. The second-order valence-corrected chi connectivity index (χ2v) is 5.70. The van der Waals surface area contributed by atoms with Crippen LogP contribution in [0.15, 0.2) is 32.8 Å². The third kappa shape index (κ3) is 2.61. The Morgan fingerprint density at radius 2 is 1.88 bits per heavy atom. The molecule has 0 spiro atoms. The van der Waals surface area contributed by atoms with E-state index in [1.165, 1.54) is 0 Å². The van der Waals surface area contributed by atoms with Crippen LogP contribution in [0, 0.1) is 13.8 Å². The van der Waals surface area contributed by atoms with Crippen LogP contribution in [0.3, 0.4) is 0 Å². The minimum atomic E-state index is -0.541. The molecule has 3 heterocycles. The van der Waals surface area contributed by atoms with E-state index < -0.39 is 5.91 Å². The molecule has 0 saturated heterocycles. The number of H-pyrrole nitrogens is 1. The highest BCUT2D eigenvalue weighted by Gasteiger charge is 2.19. The maximum Gasteiger partial charge on any atom is 0.298 e. The number of aromatic hydroxyl groups is 1. The van der Waals surface area contributed by atoms with E-state index in [2.05, 4.69) is 15.2 Å². The molecule has 128 valence electrons. The first-order chi connectivity index (χ1) is 12.0. The van der Waals surface area contributed by atoms with Crippen LogP contribution in [-0.4, -0.2) is 29.2 Å². The summed E-state index contributed by atoms with van der Waals surface area (Å²) in [5.74, 6) is 1.51. The molecule has 3 aromatic rings.